The Morgan fingerprint density at radius 1 is 0.926 bits per heavy atom. The van der Waals surface area contributed by atoms with Gasteiger partial charge in [-0.2, -0.15) is 4.31 Å². The molecule has 3 aliphatic rings. The van der Waals surface area contributed by atoms with E-state index in [4.69, 9.17) is 9.47 Å². The summed E-state index contributed by atoms with van der Waals surface area (Å²) in [6.45, 7) is 3.02. The van der Waals surface area contributed by atoms with Crippen LogP contribution in [0.3, 0.4) is 0 Å². The predicted molar refractivity (Wildman–Crippen MR) is 100 cm³/mol. The minimum Gasteiger partial charge on any atom is -0.381 e. The highest BCUT2D eigenvalue weighted by Gasteiger charge is 2.57. The monoisotopic (exact) mass is 385 g/mol. The molecule has 0 saturated carbocycles. The molecule has 1 atom stereocenters. The lowest BCUT2D eigenvalue weighted by atomic mass is 9.65. The van der Waals surface area contributed by atoms with E-state index in [1.807, 2.05) is 36.4 Å². The van der Waals surface area contributed by atoms with E-state index < -0.39 is 10.0 Å². The summed E-state index contributed by atoms with van der Waals surface area (Å²) in [7, 11) is -3.56. The molecule has 6 heteroatoms. The van der Waals surface area contributed by atoms with Gasteiger partial charge in [-0.25, -0.2) is 8.42 Å². The van der Waals surface area contributed by atoms with Crippen molar-refractivity contribution in [3.63, 3.8) is 0 Å². The van der Waals surface area contributed by atoms with Crippen molar-refractivity contribution in [3.05, 3.63) is 65.2 Å². The van der Waals surface area contributed by atoms with E-state index in [0.717, 1.165) is 29.5 Å². The number of sulfonamides is 1. The highest BCUT2D eigenvalue weighted by atomic mass is 32.2. The Kier molecular flexibility index (Phi) is 4.13. The average Bonchev–Trinajstić information content (AvgIpc) is 3.16. The number of fused-ring (bicyclic) bond motifs is 1. The van der Waals surface area contributed by atoms with Crippen molar-refractivity contribution >= 4 is 10.0 Å². The third-order valence-corrected chi connectivity index (χ3v) is 8.05. The minimum absolute atomic E-state index is 0.0213. The minimum atomic E-state index is -3.56. The molecule has 2 aromatic rings. The number of benzene rings is 2. The topological polar surface area (TPSA) is 55.8 Å². The number of nitrogens with zero attached hydrogens (tertiary/aromatic N) is 1. The van der Waals surface area contributed by atoms with Gasteiger partial charge in [0.15, 0.2) is 0 Å². The van der Waals surface area contributed by atoms with E-state index in [-0.39, 0.29) is 11.5 Å². The SMILES string of the molecule is O=S(=O)(c1ccc2c(c1)COC2)N1CC2(CCOCC2)C1c1ccccc1. The van der Waals surface area contributed by atoms with Gasteiger partial charge in [0.05, 0.1) is 24.2 Å². The van der Waals surface area contributed by atoms with Crippen LogP contribution in [-0.4, -0.2) is 32.5 Å². The highest BCUT2D eigenvalue weighted by Crippen LogP contribution is 2.56. The predicted octanol–water partition coefficient (Wildman–Crippen LogP) is 3.26. The highest BCUT2D eigenvalue weighted by molar-refractivity contribution is 7.89. The largest absolute Gasteiger partial charge is 0.381 e. The first-order valence-electron chi connectivity index (χ1n) is 9.44. The fourth-order valence-electron chi connectivity index (χ4n) is 4.71. The molecular weight excluding hydrogens is 362 g/mol. The van der Waals surface area contributed by atoms with E-state index in [2.05, 4.69) is 0 Å². The molecule has 27 heavy (non-hydrogen) atoms. The molecule has 142 valence electrons. The van der Waals surface area contributed by atoms with E-state index in [0.29, 0.717) is 37.9 Å². The molecule has 0 amide bonds. The van der Waals surface area contributed by atoms with Crippen LogP contribution in [0.15, 0.2) is 53.4 Å². The van der Waals surface area contributed by atoms with Crippen molar-refractivity contribution in [2.45, 2.75) is 37.0 Å². The van der Waals surface area contributed by atoms with Crippen molar-refractivity contribution < 1.29 is 17.9 Å². The van der Waals surface area contributed by atoms with Crippen LogP contribution in [0.1, 0.15) is 35.6 Å². The Morgan fingerprint density at radius 3 is 2.44 bits per heavy atom. The average molecular weight is 385 g/mol. The van der Waals surface area contributed by atoms with Gasteiger partial charge >= 0.3 is 0 Å². The quantitative estimate of drug-likeness (QED) is 0.814. The first-order valence-corrected chi connectivity index (χ1v) is 10.9. The summed E-state index contributed by atoms with van der Waals surface area (Å²) in [5.74, 6) is 0. The van der Waals surface area contributed by atoms with E-state index in [9.17, 15) is 8.42 Å². The van der Waals surface area contributed by atoms with Crippen molar-refractivity contribution in [2.24, 2.45) is 5.41 Å². The van der Waals surface area contributed by atoms with Gasteiger partial charge in [0, 0.05) is 25.2 Å². The summed E-state index contributed by atoms with van der Waals surface area (Å²) in [4.78, 5) is 0.370. The summed E-state index contributed by atoms with van der Waals surface area (Å²) in [5.41, 5.74) is 3.11. The molecule has 0 bridgehead atoms. The van der Waals surface area contributed by atoms with Gasteiger partial charge in [0.1, 0.15) is 0 Å². The molecule has 2 aromatic carbocycles. The van der Waals surface area contributed by atoms with Crippen LogP contribution in [0.4, 0.5) is 0 Å². The maximum atomic E-state index is 13.5. The zero-order valence-corrected chi connectivity index (χ0v) is 16.0. The second-order valence-corrected chi connectivity index (χ2v) is 9.65. The van der Waals surface area contributed by atoms with Gasteiger partial charge in [0.25, 0.3) is 0 Å². The Bertz CT molecular complexity index is 951. The number of hydrogen-bond donors (Lipinski definition) is 0. The van der Waals surface area contributed by atoms with E-state index in [1.165, 1.54) is 0 Å². The molecular formula is C21H23NO4S. The Morgan fingerprint density at radius 2 is 1.67 bits per heavy atom. The maximum absolute atomic E-state index is 13.5. The molecule has 0 aliphatic carbocycles. The standard InChI is InChI=1S/C21H23NO4S/c23-27(24,19-7-6-17-13-26-14-18(17)12-19)22-15-21(8-10-25-11-9-21)20(22)16-4-2-1-3-5-16/h1-7,12,20H,8-11,13-15H2. The first-order chi connectivity index (χ1) is 13.1. The third-order valence-electron chi connectivity index (χ3n) is 6.24. The molecule has 3 aliphatic heterocycles. The maximum Gasteiger partial charge on any atom is 0.243 e. The van der Waals surface area contributed by atoms with Gasteiger partial charge in [0.2, 0.25) is 10.0 Å². The Balaban J connectivity index is 1.53. The number of ether oxygens (including phenoxy) is 2. The molecule has 0 radical (unpaired) electrons. The zero-order chi connectivity index (χ0) is 18.5. The Hall–Kier alpha value is -1.73. The Labute approximate surface area is 160 Å². The molecule has 3 heterocycles. The lowest BCUT2D eigenvalue weighted by molar-refractivity contribution is -0.0952. The molecule has 1 unspecified atom stereocenters. The van der Waals surface area contributed by atoms with E-state index >= 15 is 0 Å². The number of rotatable bonds is 3. The van der Waals surface area contributed by atoms with Gasteiger partial charge in [-0.1, -0.05) is 36.4 Å². The second-order valence-electron chi connectivity index (χ2n) is 7.76. The fraction of sp³-hybridized carbons (Fsp3) is 0.429. The lowest BCUT2D eigenvalue weighted by Crippen LogP contribution is -2.62. The van der Waals surface area contributed by atoms with E-state index in [1.54, 1.807) is 16.4 Å². The summed E-state index contributed by atoms with van der Waals surface area (Å²) in [6, 6.07) is 15.3. The van der Waals surface area contributed by atoms with Crippen molar-refractivity contribution in [1.82, 2.24) is 4.31 Å². The molecule has 0 N–H and O–H groups in total. The van der Waals surface area contributed by atoms with Crippen LogP contribution in [0.25, 0.3) is 0 Å². The van der Waals surface area contributed by atoms with Crippen LogP contribution in [-0.2, 0) is 32.7 Å². The molecule has 2 saturated heterocycles. The van der Waals surface area contributed by atoms with Crippen LogP contribution >= 0.6 is 0 Å². The summed E-state index contributed by atoms with van der Waals surface area (Å²) < 4.78 is 39.6. The molecule has 0 aromatic heterocycles. The van der Waals surface area contributed by atoms with Crippen LogP contribution in [0.2, 0.25) is 0 Å². The number of hydrogen-bond acceptors (Lipinski definition) is 4. The second kappa shape index (κ2) is 6.41. The lowest BCUT2D eigenvalue weighted by Gasteiger charge is -2.58. The zero-order valence-electron chi connectivity index (χ0n) is 15.1. The fourth-order valence-corrected chi connectivity index (χ4v) is 6.57. The van der Waals surface area contributed by atoms with Crippen LogP contribution in [0, 0.1) is 5.41 Å². The molecule has 1 spiro atoms. The van der Waals surface area contributed by atoms with Gasteiger partial charge in [-0.05, 0) is 41.7 Å². The van der Waals surface area contributed by atoms with Crippen molar-refractivity contribution in [3.8, 4) is 0 Å². The summed E-state index contributed by atoms with van der Waals surface area (Å²) in [5, 5.41) is 0. The summed E-state index contributed by atoms with van der Waals surface area (Å²) >= 11 is 0. The van der Waals surface area contributed by atoms with Gasteiger partial charge < -0.3 is 9.47 Å². The molecule has 5 rings (SSSR count). The molecule has 2 fully saturated rings. The van der Waals surface area contributed by atoms with Gasteiger partial charge in [-0.15, -0.1) is 0 Å². The van der Waals surface area contributed by atoms with Crippen LogP contribution < -0.4 is 0 Å². The normalized spacial score (nSPS) is 24.5. The van der Waals surface area contributed by atoms with Crippen molar-refractivity contribution in [2.75, 3.05) is 19.8 Å². The van der Waals surface area contributed by atoms with Gasteiger partial charge in [-0.3, -0.25) is 0 Å². The van der Waals surface area contributed by atoms with Crippen molar-refractivity contribution in [1.29, 1.82) is 0 Å². The summed E-state index contributed by atoms with van der Waals surface area (Å²) in [6.07, 6.45) is 1.80. The van der Waals surface area contributed by atoms with Crippen LogP contribution in [0.5, 0.6) is 0 Å². The first kappa shape index (κ1) is 17.4. The smallest absolute Gasteiger partial charge is 0.243 e. The molecule has 5 nitrogen and oxygen atoms in total. The third kappa shape index (κ3) is 2.74.